The lowest BCUT2D eigenvalue weighted by Crippen LogP contribution is -2.39. The lowest BCUT2D eigenvalue weighted by molar-refractivity contribution is 0.238. The lowest BCUT2D eigenvalue weighted by atomic mass is 10.1. The molecule has 0 unspecified atom stereocenters. The monoisotopic (exact) mass is 206 g/mol. The van der Waals surface area contributed by atoms with Gasteiger partial charge in [-0.15, -0.1) is 0 Å². The van der Waals surface area contributed by atoms with Crippen LogP contribution in [0.15, 0.2) is 24.3 Å². The molecule has 2 amide bonds. The van der Waals surface area contributed by atoms with Crippen LogP contribution in [0.25, 0.3) is 0 Å². The minimum absolute atomic E-state index is 0.117. The molecular weight excluding hydrogens is 188 g/mol. The number of nitrogens with one attached hydrogen (secondary N) is 2. The van der Waals surface area contributed by atoms with Crippen LogP contribution in [0, 0.1) is 6.92 Å². The lowest BCUT2D eigenvalue weighted by Gasteiger charge is -2.11. The van der Waals surface area contributed by atoms with E-state index in [9.17, 15) is 4.79 Å². The van der Waals surface area contributed by atoms with E-state index in [0.29, 0.717) is 6.54 Å². The van der Waals surface area contributed by atoms with E-state index in [0.717, 1.165) is 5.56 Å². The second-order valence-electron chi connectivity index (χ2n) is 3.91. The van der Waals surface area contributed by atoms with E-state index in [1.54, 1.807) is 0 Å². The largest absolute Gasteiger partial charge is 0.336 e. The number of benzene rings is 1. The highest BCUT2D eigenvalue weighted by Gasteiger charge is 2.02. The van der Waals surface area contributed by atoms with Gasteiger partial charge in [0.05, 0.1) is 0 Å². The van der Waals surface area contributed by atoms with E-state index in [1.807, 2.05) is 45.0 Å². The van der Waals surface area contributed by atoms with Gasteiger partial charge in [-0.1, -0.05) is 24.3 Å². The number of rotatable bonds is 3. The van der Waals surface area contributed by atoms with Gasteiger partial charge in [0.1, 0.15) is 0 Å². The maximum atomic E-state index is 11.3. The van der Waals surface area contributed by atoms with Crippen LogP contribution in [0.1, 0.15) is 25.0 Å². The van der Waals surface area contributed by atoms with Crippen molar-refractivity contribution >= 4 is 6.03 Å². The van der Waals surface area contributed by atoms with Crippen LogP contribution >= 0.6 is 0 Å². The summed E-state index contributed by atoms with van der Waals surface area (Å²) >= 11 is 0. The molecule has 0 aromatic heterocycles. The summed E-state index contributed by atoms with van der Waals surface area (Å²) in [6.45, 7) is 6.49. The molecule has 0 aliphatic rings. The summed E-state index contributed by atoms with van der Waals surface area (Å²) in [6.07, 6.45) is 0. The van der Waals surface area contributed by atoms with Gasteiger partial charge in [0, 0.05) is 12.6 Å². The van der Waals surface area contributed by atoms with Gasteiger partial charge in [-0.05, 0) is 31.9 Å². The molecule has 0 bridgehead atoms. The van der Waals surface area contributed by atoms with Crippen molar-refractivity contribution in [1.82, 2.24) is 10.6 Å². The molecular formula is C12H18N2O. The highest BCUT2D eigenvalue weighted by Crippen LogP contribution is 2.05. The van der Waals surface area contributed by atoms with Gasteiger partial charge in [0.15, 0.2) is 0 Å². The molecule has 0 radical (unpaired) electrons. The van der Waals surface area contributed by atoms with E-state index in [1.165, 1.54) is 5.56 Å². The van der Waals surface area contributed by atoms with Crippen LogP contribution in [-0.2, 0) is 6.54 Å². The van der Waals surface area contributed by atoms with Crippen LogP contribution in [0.5, 0.6) is 0 Å². The molecule has 0 saturated heterocycles. The average molecular weight is 206 g/mol. The Morgan fingerprint density at radius 3 is 2.60 bits per heavy atom. The number of carbonyl (C=O) groups excluding carboxylic acids is 1. The Bertz CT molecular complexity index is 334. The smallest absolute Gasteiger partial charge is 0.315 e. The van der Waals surface area contributed by atoms with Gasteiger partial charge in [-0.3, -0.25) is 0 Å². The maximum Gasteiger partial charge on any atom is 0.315 e. The Labute approximate surface area is 90.9 Å². The molecule has 1 aromatic rings. The molecule has 2 N–H and O–H groups in total. The average Bonchev–Trinajstić information content (AvgIpc) is 2.15. The highest BCUT2D eigenvalue weighted by atomic mass is 16.2. The Morgan fingerprint density at radius 2 is 2.00 bits per heavy atom. The molecule has 15 heavy (non-hydrogen) atoms. The maximum absolute atomic E-state index is 11.3. The summed E-state index contributed by atoms with van der Waals surface area (Å²) in [4.78, 5) is 11.3. The number of amides is 2. The van der Waals surface area contributed by atoms with Crippen molar-refractivity contribution in [3.8, 4) is 0 Å². The first-order chi connectivity index (χ1) is 7.09. The molecule has 0 atom stereocenters. The van der Waals surface area contributed by atoms with Gasteiger partial charge >= 0.3 is 6.03 Å². The number of hydrogen-bond donors (Lipinski definition) is 2. The van der Waals surface area contributed by atoms with Crippen LogP contribution in [0.3, 0.4) is 0 Å². The molecule has 0 heterocycles. The molecule has 82 valence electrons. The summed E-state index contributed by atoms with van der Waals surface area (Å²) in [5.74, 6) is 0. The van der Waals surface area contributed by atoms with Gasteiger partial charge in [-0.25, -0.2) is 4.79 Å². The van der Waals surface area contributed by atoms with E-state index in [4.69, 9.17) is 0 Å². The zero-order valence-corrected chi connectivity index (χ0v) is 9.50. The van der Waals surface area contributed by atoms with Gasteiger partial charge in [0.2, 0.25) is 0 Å². The van der Waals surface area contributed by atoms with Crippen molar-refractivity contribution in [2.75, 3.05) is 0 Å². The first kappa shape index (κ1) is 11.6. The number of carbonyl (C=O) groups is 1. The minimum atomic E-state index is -0.117. The van der Waals surface area contributed by atoms with E-state index in [2.05, 4.69) is 10.6 Å². The molecule has 1 rings (SSSR count). The number of hydrogen-bond acceptors (Lipinski definition) is 1. The van der Waals surface area contributed by atoms with Crippen molar-refractivity contribution in [3.05, 3.63) is 35.4 Å². The molecule has 1 aromatic carbocycles. The predicted octanol–water partition coefficient (Wildman–Crippen LogP) is 2.20. The van der Waals surface area contributed by atoms with Crippen LogP contribution < -0.4 is 10.6 Å². The van der Waals surface area contributed by atoms with Crippen molar-refractivity contribution < 1.29 is 4.79 Å². The minimum Gasteiger partial charge on any atom is -0.336 e. The number of urea groups is 1. The summed E-state index contributed by atoms with van der Waals surface area (Å²) in [6, 6.07) is 8.08. The quantitative estimate of drug-likeness (QED) is 0.782. The predicted molar refractivity (Wildman–Crippen MR) is 61.7 cm³/mol. The fraction of sp³-hybridized carbons (Fsp3) is 0.417. The van der Waals surface area contributed by atoms with E-state index in [-0.39, 0.29) is 12.1 Å². The molecule has 0 aliphatic carbocycles. The van der Waals surface area contributed by atoms with Gasteiger partial charge in [0.25, 0.3) is 0 Å². The van der Waals surface area contributed by atoms with E-state index < -0.39 is 0 Å². The van der Waals surface area contributed by atoms with Crippen LogP contribution in [0.2, 0.25) is 0 Å². The zero-order valence-electron chi connectivity index (χ0n) is 9.50. The molecule has 0 spiro atoms. The van der Waals surface area contributed by atoms with Gasteiger partial charge in [-0.2, -0.15) is 0 Å². The molecule has 3 heteroatoms. The third-order valence-corrected chi connectivity index (χ3v) is 2.12. The second-order valence-corrected chi connectivity index (χ2v) is 3.91. The van der Waals surface area contributed by atoms with Crippen LogP contribution in [-0.4, -0.2) is 12.1 Å². The Hall–Kier alpha value is -1.51. The Kier molecular flexibility index (Phi) is 4.16. The third kappa shape index (κ3) is 4.02. The van der Waals surface area contributed by atoms with Crippen molar-refractivity contribution in [1.29, 1.82) is 0 Å². The Balaban J connectivity index is 2.44. The molecule has 0 fully saturated rings. The van der Waals surface area contributed by atoms with Crippen LogP contribution in [0.4, 0.5) is 4.79 Å². The second kappa shape index (κ2) is 5.39. The zero-order chi connectivity index (χ0) is 11.3. The molecule has 0 saturated carbocycles. The fourth-order valence-electron chi connectivity index (χ4n) is 1.30. The van der Waals surface area contributed by atoms with Crippen molar-refractivity contribution in [2.45, 2.75) is 33.4 Å². The molecule has 0 aliphatic heterocycles. The van der Waals surface area contributed by atoms with Crippen molar-refractivity contribution in [3.63, 3.8) is 0 Å². The van der Waals surface area contributed by atoms with Gasteiger partial charge < -0.3 is 10.6 Å². The third-order valence-electron chi connectivity index (χ3n) is 2.12. The topological polar surface area (TPSA) is 41.1 Å². The summed E-state index contributed by atoms with van der Waals surface area (Å²) < 4.78 is 0. The summed E-state index contributed by atoms with van der Waals surface area (Å²) in [5, 5.41) is 5.60. The Morgan fingerprint density at radius 1 is 1.33 bits per heavy atom. The first-order valence-corrected chi connectivity index (χ1v) is 5.18. The summed E-state index contributed by atoms with van der Waals surface area (Å²) in [7, 11) is 0. The fourth-order valence-corrected chi connectivity index (χ4v) is 1.30. The standard InChI is InChI=1S/C12H18N2O/c1-9(2)14-12(15)13-8-11-7-5-4-6-10(11)3/h4-7,9H,8H2,1-3H3,(H2,13,14,15). The first-order valence-electron chi connectivity index (χ1n) is 5.18. The molecule has 3 nitrogen and oxygen atoms in total. The van der Waals surface area contributed by atoms with Crippen molar-refractivity contribution in [2.24, 2.45) is 0 Å². The van der Waals surface area contributed by atoms with E-state index >= 15 is 0 Å². The normalized spacial score (nSPS) is 10.1. The highest BCUT2D eigenvalue weighted by molar-refractivity contribution is 5.74. The SMILES string of the molecule is Cc1ccccc1CNC(=O)NC(C)C. The number of aryl methyl sites for hydroxylation is 1. The summed E-state index contributed by atoms with van der Waals surface area (Å²) in [5.41, 5.74) is 2.35.